The van der Waals surface area contributed by atoms with Crippen molar-refractivity contribution in [2.24, 2.45) is 5.92 Å². The molecule has 0 saturated heterocycles. The van der Waals surface area contributed by atoms with Crippen molar-refractivity contribution in [3.05, 3.63) is 23.5 Å². The van der Waals surface area contributed by atoms with Crippen molar-refractivity contribution in [3.63, 3.8) is 0 Å². The van der Waals surface area contributed by atoms with Crippen molar-refractivity contribution in [1.29, 1.82) is 0 Å². The van der Waals surface area contributed by atoms with Gasteiger partial charge in [0.1, 0.15) is 6.04 Å². The fourth-order valence-electron chi connectivity index (χ4n) is 1.43. The van der Waals surface area contributed by atoms with E-state index in [1.54, 1.807) is 33.0 Å². The van der Waals surface area contributed by atoms with Gasteiger partial charge in [-0.1, -0.05) is 13.8 Å². The number of aromatic amines is 1. The number of amides is 1. The van der Waals surface area contributed by atoms with Crippen LogP contribution in [0.25, 0.3) is 0 Å². The Hall–Kier alpha value is -1.78. The first-order valence-corrected chi connectivity index (χ1v) is 5.11. The molecule has 0 spiro atoms. The molecule has 1 atom stereocenters. The van der Waals surface area contributed by atoms with Gasteiger partial charge in [0, 0.05) is 11.9 Å². The molecule has 5 heteroatoms. The third-order valence-corrected chi connectivity index (χ3v) is 2.42. The Balaban J connectivity index is 2.77. The van der Waals surface area contributed by atoms with Crippen LogP contribution in [-0.4, -0.2) is 28.0 Å². The summed E-state index contributed by atoms with van der Waals surface area (Å²) in [5.41, 5.74) is 1.21. The molecule has 1 heterocycles. The summed E-state index contributed by atoms with van der Waals surface area (Å²) in [7, 11) is 0. The van der Waals surface area contributed by atoms with Crippen LogP contribution in [0.2, 0.25) is 0 Å². The molecule has 0 aromatic carbocycles. The Kier molecular flexibility index (Phi) is 3.71. The van der Waals surface area contributed by atoms with Gasteiger partial charge < -0.3 is 15.4 Å². The van der Waals surface area contributed by atoms with Crippen molar-refractivity contribution in [1.82, 2.24) is 10.3 Å². The Morgan fingerprint density at radius 1 is 1.44 bits per heavy atom. The minimum absolute atomic E-state index is 0.152. The van der Waals surface area contributed by atoms with Gasteiger partial charge in [-0.2, -0.15) is 0 Å². The Morgan fingerprint density at radius 2 is 2.06 bits per heavy atom. The number of aryl methyl sites for hydroxylation is 1. The van der Waals surface area contributed by atoms with E-state index in [4.69, 9.17) is 5.11 Å². The first-order chi connectivity index (χ1) is 7.43. The standard InChI is InChI=1S/C11H16N2O3/c1-6(2)9(11(15)16)13-10(14)8-4-5-12-7(8)3/h4-6,9,12H,1-3H3,(H,13,14)(H,15,16)/t9-/m1/s1. The zero-order valence-electron chi connectivity index (χ0n) is 9.57. The van der Waals surface area contributed by atoms with Crippen LogP contribution in [0.4, 0.5) is 0 Å². The lowest BCUT2D eigenvalue weighted by Gasteiger charge is -2.17. The number of aliphatic carboxylic acids is 1. The Labute approximate surface area is 93.9 Å². The summed E-state index contributed by atoms with van der Waals surface area (Å²) in [6, 6.07) is 0.769. The fraction of sp³-hybridized carbons (Fsp3) is 0.455. The number of hydrogen-bond acceptors (Lipinski definition) is 2. The molecule has 1 rings (SSSR count). The van der Waals surface area contributed by atoms with Gasteiger partial charge in [0.05, 0.1) is 5.56 Å². The molecule has 16 heavy (non-hydrogen) atoms. The van der Waals surface area contributed by atoms with Crippen LogP contribution in [0.1, 0.15) is 29.9 Å². The van der Waals surface area contributed by atoms with Gasteiger partial charge in [-0.3, -0.25) is 4.79 Å². The van der Waals surface area contributed by atoms with E-state index in [9.17, 15) is 9.59 Å². The Bertz CT molecular complexity index is 396. The summed E-state index contributed by atoms with van der Waals surface area (Å²) >= 11 is 0. The van der Waals surface area contributed by atoms with E-state index in [1.165, 1.54) is 0 Å². The average molecular weight is 224 g/mol. The fourth-order valence-corrected chi connectivity index (χ4v) is 1.43. The maximum Gasteiger partial charge on any atom is 0.326 e. The maximum atomic E-state index is 11.8. The van der Waals surface area contributed by atoms with Gasteiger partial charge in [-0.05, 0) is 18.9 Å². The smallest absolute Gasteiger partial charge is 0.326 e. The minimum atomic E-state index is -1.02. The topological polar surface area (TPSA) is 82.2 Å². The van der Waals surface area contributed by atoms with Crippen LogP contribution < -0.4 is 5.32 Å². The highest BCUT2D eigenvalue weighted by molar-refractivity contribution is 5.97. The number of carboxylic acid groups (broad SMARTS) is 1. The van der Waals surface area contributed by atoms with E-state index in [1.807, 2.05) is 0 Å². The molecule has 88 valence electrons. The molecule has 0 aliphatic heterocycles. The van der Waals surface area contributed by atoms with Gasteiger partial charge in [-0.25, -0.2) is 4.79 Å². The highest BCUT2D eigenvalue weighted by Gasteiger charge is 2.24. The van der Waals surface area contributed by atoms with Crippen molar-refractivity contribution in [2.75, 3.05) is 0 Å². The van der Waals surface area contributed by atoms with Crippen molar-refractivity contribution in [2.45, 2.75) is 26.8 Å². The summed E-state index contributed by atoms with van der Waals surface area (Å²) in [6.45, 7) is 5.27. The molecule has 0 aliphatic rings. The third-order valence-electron chi connectivity index (χ3n) is 2.42. The normalized spacial score (nSPS) is 12.5. The molecule has 0 saturated carbocycles. The number of aromatic nitrogens is 1. The van der Waals surface area contributed by atoms with E-state index < -0.39 is 12.0 Å². The summed E-state index contributed by atoms with van der Waals surface area (Å²) in [5.74, 6) is -1.53. The number of rotatable bonds is 4. The lowest BCUT2D eigenvalue weighted by molar-refractivity contribution is -0.140. The van der Waals surface area contributed by atoms with E-state index in [2.05, 4.69) is 10.3 Å². The first kappa shape index (κ1) is 12.3. The second-order valence-corrected chi connectivity index (χ2v) is 4.05. The van der Waals surface area contributed by atoms with Crippen LogP contribution in [-0.2, 0) is 4.79 Å². The minimum Gasteiger partial charge on any atom is -0.480 e. The number of carbonyl (C=O) groups is 2. The van der Waals surface area contributed by atoms with E-state index in [0.717, 1.165) is 5.69 Å². The molecule has 0 bridgehead atoms. The highest BCUT2D eigenvalue weighted by atomic mass is 16.4. The molecule has 1 amide bonds. The summed E-state index contributed by atoms with van der Waals surface area (Å²) in [5, 5.41) is 11.4. The monoisotopic (exact) mass is 224 g/mol. The molecule has 0 aliphatic carbocycles. The zero-order chi connectivity index (χ0) is 12.3. The lowest BCUT2D eigenvalue weighted by Crippen LogP contribution is -2.44. The number of hydrogen-bond donors (Lipinski definition) is 3. The second-order valence-electron chi connectivity index (χ2n) is 4.05. The van der Waals surface area contributed by atoms with Gasteiger partial charge in [0.15, 0.2) is 0 Å². The van der Waals surface area contributed by atoms with E-state index in [0.29, 0.717) is 5.56 Å². The average Bonchev–Trinajstić information content (AvgIpc) is 2.59. The van der Waals surface area contributed by atoms with Gasteiger partial charge in [0.2, 0.25) is 0 Å². The SMILES string of the molecule is Cc1[nH]ccc1C(=O)N[C@@H](C(=O)O)C(C)C. The summed E-state index contributed by atoms with van der Waals surface area (Å²) < 4.78 is 0. The molecule has 3 N–H and O–H groups in total. The predicted octanol–water partition coefficient (Wildman–Crippen LogP) is 1.16. The van der Waals surface area contributed by atoms with E-state index in [-0.39, 0.29) is 11.8 Å². The van der Waals surface area contributed by atoms with Crippen LogP contribution in [0, 0.1) is 12.8 Å². The summed E-state index contributed by atoms with van der Waals surface area (Å²) in [4.78, 5) is 25.5. The third kappa shape index (κ3) is 2.62. The molecule has 1 aromatic heterocycles. The number of H-pyrrole nitrogens is 1. The number of nitrogens with one attached hydrogen (secondary N) is 2. The van der Waals surface area contributed by atoms with Crippen molar-refractivity contribution < 1.29 is 14.7 Å². The van der Waals surface area contributed by atoms with Crippen molar-refractivity contribution >= 4 is 11.9 Å². The van der Waals surface area contributed by atoms with E-state index >= 15 is 0 Å². The number of carbonyl (C=O) groups excluding carboxylic acids is 1. The highest BCUT2D eigenvalue weighted by Crippen LogP contribution is 2.07. The number of carboxylic acids is 1. The molecular weight excluding hydrogens is 208 g/mol. The molecule has 5 nitrogen and oxygen atoms in total. The molecule has 0 radical (unpaired) electrons. The van der Waals surface area contributed by atoms with Crippen LogP contribution in [0.5, 0.6) is 0 Å². The van der Waals surface area contributed by atoms with Crippen LogP contribution in [0.3, 0.4) is 0 Å². The molecule has 0 fully saturated rings. The van der Waals surface area contributed by atoms with Crippen molar-refractivity contribution in [3.8, 4) is 0 Å². The largest absolute Gasteiger partial charge is 0.480 e. The van der Waals surface area contributed by atoms with Crippen LogP contribution in [0.15, 0.2) is 12.3 Å². The lowest BCUT2D eigenvalue weighted by atomic mass is 10.0. The molecule has 0 unspecified atom stereocenters. The van der Waals surface area contributed by atoms with Gasteiger partial charge in [-0.15, -0.1) is 0 Å². The van der Waals surface area contributed by atoms with Gasteiger partial charge >= 0.3 is 5.97 Å². The van der Waals surface area contributed by atoms with Crippen LogP contribution >= 0.6 is 0 Å². The summed E-state index contributed by atoms with van der Waals surface area (Å²) in [6.07, 6.45) is 1.65. The Morgan fingerprint density at radius 3 is 2.44 bits per heavy atom. The van der Waals surface area contributed by atoms with Gasteiger partial charge in [0.25, 0.3) is 5.91 Å². The quantitative estimate of drug-likeness (QED) is 0.717. The first-order valence-electron chi connectivity index (χ1n) is 5.11. The maximum absolute atomic E-state index is 11.8. The molecule has 1 aromatic rings. The zero-order valence-corrected chi connectivity index (χ0v) is 9.57. The molecular formula is C11H16N2O3. The second kappa shape index (κ2) is 4.83. The predicted molar refractivity (Wildman–Crippen MR) is 59.3 cm³/mol.